The van der Waals surface area contributed by atoms with Crippen molar-refractivity contribution in [3.8, 4) is 5.69 Å². The molecule has 0 saturated heterocycles. The van der Waals surface area contributed by atoms with Crippen LogP contribution in [0.15, 0.2) is 66.9 Å². The molecule has 0 unspecified atom stereocenters. The molecule has 2 N–H and O–H groups in total. The molecule has 1 amide bonds. The van der Waals surface area contributed by atoms with Crippen molar-refractivity contribution in [3.63, 3.8) is 0 Å². The number of amides is 1. The number of rotatable bonds is 6. The zero-order valence-electron chi connectivity index (χ0n) is 18.9. The summed E-state index contributed by atoms with van der Waals surface area (Å²) in [4.78, 5) is 28.6. The molecule has 0 aliphatic heterocycles. The molecule has 0 aliphatic rings. The quantitative estimate of drug-likeness (QED) is 0.439. The number of nitrogens with zero attached hydrogens (tertiary/aromatic N) is 3. The summed E-state index contributed by atoms with van der Waals surface area (Å²) < 4.78 is 1.70. The number of hydrogen-bond acceptors (Lipinski definition) is 4. The number of carbonyl (C=O) groups is 2. The van der Waals surface area contributed by atoms with Crippen molar-refractivity contribution in [3.05, 3.63) is 83.7 Å². The van der Waals surface area contributed by atoms with Crippen LogP contribution in [0.3, 0.4) is 0 Å². The Morgan fingerprint density at radius 2 is 1.79 bits per heavy atom. The van der Waals surface area contributed by atoms with Crippen LogP contribution in [0.1, 0.15) is 48.8 Å². The number of carbonyl (C=O) groups excluding carboxylic acids is 1. The van der Waals surface area contributed by atoms with Gasteiger partial charge in [0.15, 0.2) is 0 Å². The first-order valence-corrected chi connectivity index (χ1v) is 10.8. The van der Waals surface area contributed by atoms with Crippen LogP contribution in [0.5, 0.6) is 0 Å². The van der Waals surface area contributed by atoms with E-state index in [4.69, 9.17) is 10.2 Å². The lowest BCUT2D eigenvalue weighted by Crippen LogP contribution is -2.16. The van der Waals surface area contributed by atoms with E-state index in [1.165, 1.54) is 0 Å². The van der Waals surface area contributed by atoms with E-state index in [1.54, 1.807) is 16.9 Å². The van der Waals surface area contributed by atoms with Crippen molar-refractivity contribution < 1.29 is 14.7 Å². The molecule has 0 bridgehead atoms. The van der Waals surface area contributed by atoms with Gasteiger partial charge in [-0.3, -0.25) is 14.6 Å². The highest BCUT2D eigenvalue weighted by molar-refractivity contribution is 6.11. The van der Waals surface area contributed by atoms with Gasteiger partial charge >= 0.3 is 5.97 Å². The molecule has 0 fully saturated rings. The maximum absolute atomic E-state index is 13.3. The van der Waals surface area contributed by atoms with Gasteiger partial charge in [-0.1, -0.05) is 51.1 Å². The molecule has 2 heterocycles. The molecule has 0 saturated carbocycles. The molecule has 0 radical (unpaired) electrons. The van der Waals surface area contributed by atoms with E-state index in [2.05, 4.69) is 31.1 Å². The third kappa shape index (κ3) is 4.92. The number of nitrogens with one attached hydrogen (secondary N) is 1. The monoisotopic (exact) mass is 442 g/mol. The molecule has 168 valence electrons. The van der Waals surface area contributed by atoms with E-state index in [9.17, 15) is 9.59 Å². The number of carboxylic acids is 1. The van der Waals surface area contributed by atoms with E-state index >= 15 is 0 Å². The maximum Gasteiger partial charge on any atom is 0.303 e. The van der Waals surface area contributed by atoms with Gasteiger partial charge in [0.05, 0.1) is 22.5 Å². The number of anilines is 1. The Labute approximate surface area is 192 Å². The normalized spacial score (nSPS) is 11.5. The summed E-state index contributed by atoms with van der Waals surface area (Å²) in [7, 11) is 0. The van der Waals surface area contributed by atoms with E-state index in [-0.39, 0.29) is 17.7 Å². The zero-order chi connectivity index (χ0) is 23.6. The number of aromatic nitrogens is 3. The Morgan fingerprint density at radius 1 is 1.03 bits per heavy atom. The standard InChI is InChI=1S/C26H26N4O3/c1-26(2,3)21-16-22(28-25(33)20-11-5-8-18-9-6-14-27-24(18)20)30(29-21)19-10-4-7-17(15-19)12-13-23(31)32/h4-11,14-16H,12-13H2,1-3H3,(H,28,33)(H,31,32). The van der Waals surface area contributed by atoms with Crippen LogP contribution < -0.4 is 5.32 Å². The summed E-state index contributed by atoms with van der Waals surface area (Å²) in [5.41, 5.74) is 3.35. The first-order chi connectivity index (χ1) is 15.7. The summed E-state index contributed by atoms with van der Waals surface area (Å²) in [6, 6.07) is 18.7. The highest BCUT2D eigenvalue weighted by Gasteiger charge is 2.22. The summed E-state index contributed by atoms with van der Waals surface area (Å²) in [5.74, 6) is -0.581. The van der Waals surface area contributed by atoms with E-state index in [1.807, 2.05) is 54.6 Å². The summed E-state index contributed by atoms with van der Waals surface area (Å²) in [6.07, 6.45) is 2.14. The molecule has 7 heteroatoms. The van der Waals surface area contributed by atoms with Crippen LogP contribution in [0, 0.1) is 0 Å². The predicted octanol–water partition coefficient (Wildman–Crippen LogP) is 4.99. The van der Waals surface area contributed by atoms with Crippen molar-refractivity contribution in [1.82, 2.24) is 14.8 Å². The minimum absolute atomic E-state index is 0.0491. The molecule has 0 aliphatic carbocycles. The highest BCUT2D eigenvalue weighted by Crippen LogP contribution is 2.27. The summed E-state index contributed by atoms with van der Waals surface area (Å²) >= 11 is 0. The van der Waals surface area contributed by atoms with Gasteiger partial charge in [-0.25, -0.2) is 4.68 Å². The Morgan fingerprint density at radius 3 is 2.55 bits per heavy atom. The van der Waals surface area contributed by atoms with Crippen molar-refractivity contribution in [2.24, 2.45) is 0 Å². The third-order valence-corrected chi connectivity index (χ3v) is 5.38. The zero-order valence-corrected chi connectivity index (χ0v) is 18.9. The van der Waals surface area contributed by atoms with Gasteiger partial charge in [0.2, 0.25) is 0 Å². The molecule has 4 rings (SSSR count). The van der Waals surface area contributed by atoms with Crippen LogP contribution in [0.4, 0.5) is 5.82 Å². The third-order valence-electron chi connectivity index (χ3n) is 5.38. The molecule has 2 aromatic carbocycles. The second-order valence-electron chi connectivity index (χ2n) is 8.98. The molecular weight excluding hydrogens is 416 g/mol. The number of carboxylic acid groups (broad SMARTS) is 1. The number of pyridine rings is 1. The Balaban J connectivity index is 1.73. The van der Waals surface area contributed by atoms with Crippen LogP contribution in [0.25, 0.3) is 16.6 Å². The second kappa shape index (κ2) is 8.86. The first-order valence-electron chi connectivity index (χ1n) is 10.8. The molecule has 33 heavy (non-hydrogen) atoms. The number of para-hydroxylation sites is 1. The van der Waals surface area contributed by atoms with Crippen LogP contribution >= 0.6 is 0 Å². The van der Waals surface area contributed by atoms with Crippen molar-refractivity contribution >= 4 is 28.6 Å². The first kappa shape index (κ1) is 22.2. The average molecular weight is 443 g/mol. The molecule has 4 aromatic rings. The van der Waals surface area contributed by atoms with Crippen molar-refractivity contribution in [2.75, 3.05) is 5.32 Å². The SMILES string of the molecule is CC(C)(C)c1cc(NC(=O)c2cccc3cccnc23)n(-c2cccc(CCC(=O)O)c2)n1. The lowest BCUT2D eigenvalue weighted by atomic mass is 9.92. The van der Waals surface area contributed by atoms with Gasteiger partial charge in [0.1, 0.15) is 5.82 Å². The van der Waals surface area contributed by atoms with Gasteiger partial charge in [-0.15, -0.1) is 0 Å². The fraction of sp³-hybridized carbons (Fsp3) is 0.231. The van der Waals surface area contributed by atoms with E-state index < -0.39 is 5.97 Å². The van der Waals surface area contributed by atoms with E-state index in [0.717, 1.165) is 22.3 Å². The van der Waals surface area contributed by atoms with Crippen LogP contribution in [0.2, 0.25) is 0 Å². The minimum Gasteiger partial charge on any atom is -0.481 e. The highest BCUT2D eigenvalue weighted by atomic mass is 16.4. The van der Waals surface area contributed by atoms with Gasteiger partial charge in [0.25, 0.3) is 5.91 Å². The Kier molecular flexibility index (Phi) is 5.96. The molecule has 7 nitrogen and oxygen atoms in total. The minimum atomic E-state index is -0.842. The predicted molar refractivity (Wildman–Crippen MR) is 128 cm³/mol. The number of aryl methyl sites for hydroxylation is 1. The molecular formula is C26H26N4O3. The van der Waals surface area contributed by atoms with Crippen molar-refractivity contribution in [2.45, 2.75) is 39.0 Å². The van der Waals surface area contributed by atoms with Crippen LogP contribution in [-0.2, 0) is 16.6 Å². The van der Waals surface area contributed by atoms with Gasteiger partial charge in [-0.2, -0.15) is 5.10 Å². The fourth-order valence-corrected chi connectivity index (χ4v) is 3.60. The van der Waals surface area contributed by atoms with Crippen molar-refractivity contribution in [1.29, 1.82) is 0 Å². The second-order valence-corrected chi connectivity index (χ2v) is 8.98. The molecule has 2 aromatic heterocycles. The Bertz CT molecular complexity index is 1330. The smallest absolute Gasteiger partial charge is 0.303 e. The van der Waals surface area contributed by atoms with Gasteiger partial charge in [0, 0.05) is 29.5 Å². The largest absolute Gasteiger partial charge is 0.481 e. The number of hydrogen-bond donors (Lipinski definition) is 2. The lowest BCUT2D eigenvalue weighted by Gasteiger charge is -2.14. The summed E-state index contributed by atoms with van der Waals surface area (Å²) in [5, 5.41) is 17.7. The number of benzene rings is 2. The van der Waals surface area contributed by atoms with Gasteiger partial charge in [-0.05, 0) is 36.2 Å². The molecule has 0 spiro atoms. The van der Waals surface area contributed by atoms with Crippen LogP contribution in [-0.4, -0.2) is 31.7 Å². The number of aliphatic carboxylic acids is 1. The van der Waals surface area contributed by atoms with E-state index in [0.29, 0.717) is 23.3 Å². The fourth-order valence-electron chi connectivity index (χ4n) is 3.60. The maximum atomic E-state index is 13.3. The average Bonchev–Trinajstić information content (AvgIpc) is 3.22. The Hall–Kier alpha value is -4.00. The van der Waals surface area contributed by atoms with Gasteiger partial charge < -0.3 is 10.4 Å². The topological polar surface area (TPSA) is 97.1 Å². The molecule has 0 atom stereocenters. The summed E-state index contributed by atoms with van der Waals surface area (Å²) in [6.45, 7) is 6.18. The lowest BCUT2D eigenvalue weighted by molar-refractivity contribution is -0.136. The number of fused-ring (bicyclic) bond motifs is 1.